The monoisotopic (exact) mass is 584 g/mol. The number of nitrogens with two attached hydrogens (primary N) is 1. The van der Waals surface area contributed by atoms with Gasteiger partial charge in [-0.1, -0.05) is 6.58 Å². The van der Waals surface area contributed by atoms with E-state index in [1.54, 1.807) is 0 Å². The van der Waals surface area contributed by atoms with Crippen molar-refractivity contribution in [1.29, 1.82) is 0 Å². The molecule has 1 rings (SSSR count). The maximum Gasteiger partial charge on any atom is 0.338 e. The zero-order valence-electron chi connectivity index (χ0n) is 8.76. The number of amides is 1. The second-order valence-corrected chi connectivity index (χ2v) is 6.34. The van der Waals surface area contributed by atoms with E-state index in [-0.39, 0.29) is 5.56 Å². The van der Waals surface area contributed by atoms with Gasteiger partial charge < -0.3 is 16.2 Å². The van der Waals surface area contributed by atoms with Crippen LogP contribution in [-0.4, -0.2) is 17.0 Å². The lowest BCUT2D eigenvalue weighted by Gasteiger charge is -2.15. The summed E-state index contributed by atoms with van der Waals surface area (Å²) in [5.74, 6) is -1.50. The lowest BCUT2D eigenvalue weighted by molar-refractivity contribution is -0.111. The van der Waals surface area contributed by atoms with Crippen LogP contribution in [0.5, 0.6) is 0 Å². The van der Waals surface area contributed by atoms with E-state index >= 15 is 0 Å². The van der Waals surface area contributed by atoms with Crippen LogP contribution in [0.2, 0.25) is 0 Å². The van der Waals surface area contributed by atoms with Gasteiger partial charge in [0, 0.05) is 0 Å². The number of benzene rings is 1. The Balaban J connectivity index is 3.56. The van der Waals surface area contributed by atoms with E-state index in [1.807, 2.05) is 67.8 Å². The highest BCUT2D eigenvalue weighted by Gasteiger charge is 2.23. The number of aromatic carboxylic acids is 1. The second-order valence-electron chi connectivity index (χ2n) is 3.10. The van der Waals surface area contributed by atoms with Crippen molar-refractivity contribution >= 4 is 91.0 Å². The molecule has 0 bridgehead atoms. The molecule has 0 aliphatic carbocycles. The molecule has 0 heterocycles. The summed E-state index contributed by atoms with van der Waals surface area (Å²) in [6.45, 7) is 3.35. The summed E-state index contributed by atoms with van der Waals surface area (Å²) >= 11 is 5.73. The molecule has 0 unspecified atom stereocenters. The molecule has 1 amide bonds. The molecule has 0 aromatic heterocycles. The fourth-order valence-corrected chi connectivity index (χ4v) is 5.05. The third-order valence-corrected chi connectivity index (χ3v) is 5.32. The minimum atomic E-state index is -1.08. The lowest BCUT2D eigenvalue weighted by atomic mass is 10.1. The van der Waals surface area contributed by atoms with Crippen LogP contribution in [0.3, 0.4) is 0 Å². The molecule has 96 valence electrons. The molecule has 0 aliphatic heterocycles. The van der Waals surface area contributed by atoms with Crippen molar-refractivity contribution in [2.45, 2.75) is 0 Å². The summed E-state index contributed by atoms with van der Waals surface area (Å²) in [6.07, 6.45) is 1.11. The van der Waals surface area contributed by atoms with Gasteiger partial charge in [-0.05, 0) is 73.8 Å². The minimum Gasteiger partial charge on any atom is -0.478 e. The topological polar surface area (TPSA) is 92.4 Å². The first-order valence-corrected chi connectivity index (χ1v) is 7.67. The Kier molecular flexibility index (Phi) is 5.64. The molecule has 0 radical (unpaired) electrons. The van der Waals surface area contributed by atoms with Crippen molar-refractivity contribution in [3.63, 3.8) is 0 Å². The molecule has 0 fully saturated rings. The van der Waals surface area contributed by atoms with Gasteiger partial charge in [0.1, 0.15) is 0 Å². The average molecular weight is 584 g/mol. The molecule has 4 N–H and O–H groups in total. The minimum absolute atomic E-state index is 0.0912. The number of carboxylic acids is 1. The molecular formula is C10H7I3N2O3. The van der Waals surface area contributed by atoms with E-state index < -0.39 is 11.9 Å². The Morgan fingerprint density at radius 3 is 2.22 bits per heavy atom. The third kappa shape index (κ3) is 3.07. The summed E-state index contributed by atoms with van der Waals surface area (Å²) in [5, 5.41) is 11.7. The van der Waals surface area contributed by atoms with E-state index in [0.717, 1.165) is 6.08 Å². The number of carbonyl (C=O) groups excluding carboxylic acids is 1. The maximum absolute atomic E-state index is 11.3. The van der Waals surface area contributed by atoms with Crippen molar-refractivity contribution in [2.24, 2.45) is 0 Å². The molecule has 0 saturated heterocycles. The SMILES string of the molecule is C=CC(=O)Nc1c(I)c(N)c(I)c(C(=O)O)c1I. The fraction of sp³-hybridized carbons (Fsp3) is 0. The quantitative estimate of drug-likeness (QED) is 0.290. The molecule has 0 atom stereocenters. The van der Waals surface area contributed by atoms with E-state index in [2.05, 4.69) is 11.9 Å². The predicted octanol–water partition coefficient (Wildman–Crippen LogP) is 2.91. The molecule has 0 saturated carbocycles. The number of carboxylic acid groups (broad SMARTS) is 1. The fourth-order valence-electron chi connectivity index (χ4n) is 1.16. The van der Waals surface area contributed by atoms with Gasteiger partial charge in [-0.25, -0.2) is 4.79 Å². The van der Waals surface area contributed by atoms with Gasteiger partial charge in [-0.2, -0.15) is 0 Å². The summed E-state index contributed by atoms with van der Waals surface area (Å²) in [5.41, 5.74) is 6.68. The van der Waals surface area contributed by atoms with Crippen LogP contribution in [0.25, 0.3) is 0 Å². The maximum atomic E-state index is 11.3. The number of halogens is 3. The van der Waals surface area contributed by atoms with Crippen molar-refractivity contribution in [1.82, 2.24) is 0 Å². The highest BCUT2D eigenvalue weighted by molar-refractivity contribution is 14.1. The number of anilines is 2. The Bertz CT molecular complexity index is 558. The first-order valence-electron chi connectivity index (χ1n) is 4.43. The standard InChI is InChI=1S/C10H7I3N2O3/c1-2-3(16)15-9-6(12)4(10(17)18)5(11)8(14)7(9)13/h2H,1,14H2,(H,15,16)(H,17,18). The molecule has 1 aromatic rings. The zero-order valence-corrected chi connectivity index (χ0v) is 15.2. The van der Waals surface area contributed by atoms with Crippen LogP contribution in [-0.2, 0) is 4.79 Å². The molecular weight excluding hydrogens is 577 g/mol. The number of rotatable bonds is 3. The molecule has 0 spiro atoms. The average Bonchev–Trinajstić information content (AvgIpc) is 2.31. The predicted molar refractivity (Wildman–Crippen MR) is 94.8 cm³/mol. The van der Waals surface area contributed by atoms with Crippen LogP contribution >= 0.6 is 67.8 Å². The Labute approximate surface area is 144 Å². The second kappa shape index (κ2) is 6.36. The number of hydrogen-bond donors (Lipinski definition) is 3. The third-order valence-electron chi connectivity index (χ3n) is 2.00. The zero-order chi connectivity index (χ0) is 14.0. The van der Waals surface area contributed by atoms with Crippen molar-refractivity contribution in [2.75, 3.05) is 11.1 Å². The number of hydrogen-bond acceptors (Lipinski definition) is 3. The summed E-state index contributed by atoms with van der Waals surface area (Å²) in [7, 11) is 0. The Morgan fingerprint density at radius 2 is 1.78 bits per heavy atom. The van der Waals surface area contributed by atoms with Gasteiger partial charge in [0.2, 0.25) is 5.91 Å². The first kappa shape index (κ1) is 15.9. The van der Waals surface area contributed by atoms with Crippen molar-refractivity contribution in [3.8, 4) is 0 Å². The van der Waals surface area contributed by atoms with Gasteiger partial charge >= 0.3 is 5.97 Å². The van der Waals surface area contributed by atoms with E-state index in [0.29, 0.717) is 22.1 Å². The number of nitrogen functional groups attached to an aromatic ring is 1. The van der Waals surface area contributed by atoms with Crippen LogP contribution in [0.4, 0.5) is 11.4 Å². The molecule has 5 nitrogen and oxygen atoms in total. The smallest absolute Gasteiger partial charge is 0.338 e. The van der Waals surface area contributed by atoms with Gasteiger partial charge in [0.05, 0.1) is 27.6 Å². The van der Waals surface area contributed by atoms with E-state index in [1.165, 1.54) is 0 Å². The molecule has 1 aromatic carbocycles. The van der Waals surface area contributed by atoms with Crippen molar-refractivity contribution in [3.05, 3.63) is 28.9 Å². The van der Waals surface area contributed by atoms with Crippen molar-refractivity contribution < 1.29 is 14.7 Å². The van der Waals surface area contributed by atoms with Gasteiger partial charge in [-0.3, -0.25) is 4.79 Å². The van der Waals surface area contributed by atoms with Gasteiger partial charge in [0.15, 0.2) is 0 Å². The summed E-state index contributed by atoms with van der Waals surface area (Å²) in [6, 6.07) is 0. The van der Waals surface area contributed by atoms with Crippen LogP contribution < -0.4 is 11.1 Å². The van der Waals surface area contributed by atoms with Gasteiger partial charge in [0.25, 0.3) is 0 Å². The Hall–Kier alpha value is -0.110. The highest BCUT2D eigenvalue weighted by Crippen LogP contribution is 2.37. The molecule has 0 aliphatic rings. The van der Waals surface area contributed by atoms with Crippen LogP contribution in [0.1, 0.15) is 10.4 Å². The summed E-state index contributed by atoms with van der Waals surface area (Å²) < 4.78 is 1.52. The highest BCUT2D eigenvalue weighted by atomic mass is 127. The largest absolute Gasteiger partial charge is 0.478 e. The van der Waals surface area contributed by atoms with Crippen LogP contribution in [0.15, 0.2) is 12.7 Å². The number of carbonyl (C=O) groups is 2. The number of nitrogens with one attached hydrogen (secondary N) is 1. The Morgan fingerprint density at radius 1 is 1.22 bits per heavy atom. The normalized spacial score (nSPS) is 9.94. The van der Waals surface area contributed by atoms with Crippen LogP contribution in [0, 0.1) is 10.7 Å². The first-order chi connectivity index (χ1) is 8.31. The lowest BCUT2D eigenvalue weighted by Crippen LogP contribution is -2.16. The van der Waals surface area contributed by atoms with E-state index in [4.69, 9.17) is 5.73 Å². The molecule has 8 heteroatoms. The molecule has 18 heavy (non-hydrogen) atoms. The van der Waals surface area contributed by atoms with Gasteiger partial charge in [-0.15, -0.1) is 0 Å². The summed E-state index contributed by atoms with van der Waals surface area (Å²) in [4.78, 5) is 22.6. The van der Waals surface area contributed by atoms with E-state index in [9.17, 15) is 14.7 Å².